The maximum atomic E-state index is 9.87. The number of aliphatic hydroxyl groups excluding tert-OH is 1. The molecule has 0 amide bonds. The van der Waals surface area contributed by atoms with Gasteiger partial charge in [0, 0.05) is 0 Å². The second-order valence-electron chi connectivity index (χ2n) is 1.26. The molecule has 6 nitrogen and oxygen atoms in total. The van der Waals surface area contributed by atoms with E-state index in [2.05, 4.69) is 9.32 Å². The van der Waals surface area contributed by atoms with Gasteiger partial charge in [-0.3, -0.25) is 4.18 Å². The van der Waals surface area contributed by atoms with Crippen LogP contribution in [0.1, 0.15) is 0 Å². The Morgan fingerprint density at radius 3 is 2.00 bits per heavy atom. The van der Waals surface area contributed by atoms with Crippen molar-refractivity contribution in [2.75, 3.05) is 6.61 Å². The van der Waals surface area contributed by atoms with Crippen LogP contribution >= 0.6 is 0 Å². The summed E-state index contributed by atoms with van der Waals surface area (Å²) in [5.41, 5.74) is 0. The van der Waals surface area contributed by atoms with Gasteiger partial charge in [-0.25, -0.2) is 5.14 Å². The molecule has 8 heteroatoms. The Morgan fingerprint density at radius 1 is 1.50 bits per heavy atom. The molecule has 0 radical (unpaired) electrons. The van der Waals surface area contributed by atoms with Gasteiger partial charge < -0.3 is 10.2 Å². The van der Waals surface area contributed by atoms with Gasteiger partial charge in [-0.05, 0) is 0 Å². The predicted octanol–water partition coefficient (Wildman–Crippen LogP) is -3.13. The molecule has 0 unspecified atom stereocenters. The van der Waals surface area contributed by atoms with E-state index in [0.29, 0.717) is 0 Å². The predicted molar refractivity (Wildman–Crippen MR) is 34.4 cm³/mol. The Bertz CT molecular complexity index is 164. The summed E-state index contributed by atoms with van der Waals surface area (Å²) < 4.78 is 23.5. The molecule has 0 saturated carbocycles. The molecule has 0 atom stereocenters. The van der Waals surface area contributed by atoms with Crippen molar-refractivity contribution in [2.45, 2.75) is 6.29 Å². The molecule has 0 aliphatic heterocycles. The summed E-state index contributed by atoms with van der Waals surface area (Å²) in [5, 5.41) is 20.4. The number of nitrogens with two attached hydrogens (primary N) is 1. The second kappa shape index (κ2) is 5.44. The summed E-state index contributed by atoms with van der Waals surface area (Å²) in [5.74, 6) is 0. The fourth-order valence-corrected chi connectivity index (χ4v) is 0.467. The Kier molecular flexibility index (Phi) is 7.28. The molecule has 0 bridgehead atoms. The van der Waals surface area contributed by atoms with Crippen LogP contribution in [-0.2, 0) is 14.5 Å². The van der Waals surface area contributed by atoms with Crippen molar-refractivity contribution in [3.05, 3.63) is 0 Å². The molecule has 58 valence electrons. The van der Waals surface area contributed by atoms with Crippen LogP contribution in [0, 0.1) is 0 Å². The van der Waals surface area contributed by atoms with Crippen LogP contribution in [-0.4, -0.2) is 61.1 Å². The molecule has 10 heavy (non-hydrogen) atoms. The fourth-order valence-electron chi connectivity index (χ4n) is 0.156. The number of hydrogen-bond acceptors (Lipinski definition) is 5. The van der Waals surface area contributed by atoms with Gasteiger partial charge in [0.25, 0.3) is 0 Å². The molecule has 0 spiro atoms. The molecule has 0 aromatic heterocycles. The van der Waals surface area contributed by atoms with Crippen molar-refractivity contribution in [2.24, 2.45) is 5.14 Å². The van der Waals surface area contributed by atoms with Gasteiger partial charge in [-0.15, -0.1) is 0 Å². The summed E-state index contributed by atoms with van der Waals surface area (Å²) >= 11 is 0. The molecule has 0 aromatic rings. The van der Waals surface area contributed by atoms with Crippen LogP contribution in [0.25, 0.3) is 0 Å². The fraction of sp³-hybridized carbons (Fsp3) is 1.00. The first-order chi connectivity index (χ1) is 3.92. The van der Waals surface area contributed by atoms with E-state index >= 15 is 0 Å². The van der Waals surface area contributed by atoms with Crippen LogP contribution in [0.3, 0.4) is 0 Å². The van der Waals surface area contributed by atoms with Gasteiger partial charge in [0.1, 0.15) is 6.61 Å². The first-order valence-electron chi connectivity index (χ1n) is 1.95. The third kappa shape index (κ3) is 11.6. The second-order valence-corrected chi connectivity index (χ2v) is 2.48. The van der Waals surface area contributed by atoms with E-state index in [-0.39, 0.29) is 29.6 Å². The molecule has 0 saturated heterocycles. The molecular weight excluding hydrogens is 173 g/mol. The van der Waals surface area contributed by atoms with Gasteiger partial charge in [-0.2, -0.15) is 8.42 Å². The van der Waals surface area contributed by atoms with E-state index in [1.54, 1.807) is 0 Å². The van der Waals surface area contributed by atoms with Crippen molar-refractivity contribution in [3.63, 3.8) is 0 Å². The van der Waals surface area contributed by atoms with Crippen molar-refractivity contribution >= 4 is 39.9 Å². The van der Waals surface area contributed by atoms with E-state index in [9.17, 15) is 8.42 Å². The molecule has 0 aliphatic rings. The minimum atomic E-state index is -4.04. The van der Waals surface area contributed by atoms with Crippen molar-refractivity contribution in [1.29, 1.82) is 0 Å². The van der Waals surface area contributed by atoms with Crippen LogP contribution < -0.4 is 5.14 Å². The van der Waals surface area contributed by atoms with E-state index < -0.39 is 23.2 Å². The van der Waals surface area contributed by atoms with Crippen LogP contribution in [0.4, 0.5) is 0 Å². The van der Waals surface area contributed by atoms with Gasteiger partial charge >= 0.3 is 39.9 Å². The zero-order valence-electron chi connectivity index (χ0n) is 4.39. The Hall–Kier alpha value is 0.790. The molecular formula is C2H8NNaO5S. The van der Waals surface area contributed by atoms with Crippen LogP contribution in [0.15, 0.2) is 0 Å². The van der Waals surface area contributed by atoms with Gasteiger partial charge in [0.2, 0.25) is 0 Å². The SMILES string of the molecule is NS(=O)(=O)OCC(O)O.[NaH]. The molecule has 0 fully saturated rings. The first-order valence-corrected chi connectivity index (χ1v) is 3.42. The Labute approximate surface area is 80.5 Å². The number of rotatable bonds is 3. The normalized spacial score (nSPS) is 11.2. The minimum absolute atomic E-state index is 0. The zero-order valence-corrected chi connectivity index (χ0v) is 5.21. The monoisotopic (exact) mass is 181 g/mol. The molecule has 0 aliphatic carbocycles. The maximum absolute atomic E-state index is 9.87. The molecule has 0 heterocycles. The van der Waals surface area contributed by atoms with Gasteiger partial charge in [0.15, 0.2) is 6.29 Å². The third-order valence-corrected chi connectivity index (χ3v) is 0.846. The standard InChI is InChI=1S/C2H7NO5S.Na.H/c3-9(6,7)8-1-2(4)5;;/h2,4-5H,1H2,(H2,3,6,7);;. The first kappa shape index (κ1) is 13.4. The zero-order chi connectivity index (χ0) is 7.49. The average molecular weight is 181 g/mol. The quantitative estimate of drug-likeness (QED) is 0.315. The summed E-state index contributed by atoms with van der Waals surface area (Å²) in [7, 11) is -4.04. The van der Waals surface area contributed by atoms with E-state index in [1.807, 2.05) is 0 Å². The average Bonchev–Trinajstić information content (AvgIpc) is 1.59. The van der Waals surface area contributed by atoms with E-state index in [1.165, 1.54) is 0 Å². The van der Waals surface area contributed by atoms with Crippen LogP contribution in [0.5, 0.6) is 0 Å². The summed E-state index contributed by atoms with van der Waals surface area (Å²) in [6, 6.07) is 0. The Balaban J connectivity index is 0. The van der Waals surface area contributed by atoms with E-state index in [0.717, 1.165) is 0 Å². The topological polar surface area (TPSA) is 110 Å². The van der Waals surface area contributed by atoms with E-state index in [4.69, 9.17) is 10.2 Å². The summed E-state index contributed by atoms with van der Waals surface area (Å²) in [4.78, 5) is 0. The van der Waals surface area contributed by atoms with Crippen molar-refractivity contribution in [3.8, 4) is 0 Å². The number of hydrogen-bond donors (Lipinski definition) is 3. The molecule has 0 aromatic carbocycles. The van der Waals surface area contributed by atoms with Crippen molar-refractivity contribution in [1.82, 2.24) is 0 Å². The van der Waals surface area contributed by atoms with Gasteiger partial charge in [0.05, 0.1) is 0 Å². The number of aliphatic hydroxyl groups is 2. The molecule has 4 N–H and O–H groups in total. The third-order valence-electron chi connectivity index (χ3n) is 0.381. The van der Waals surface area contributed by atoms with Gasteiger partial charge in [-0.1, -0.05) is 0 Å². The molecule has 0 rings (SSSR count). The van der Waals surface area contributed by atoms with Crippen molar-refractivity contribution < 1.29 is 22.8 Å². The Morgan fingerprint density at radius 2 is 1.90 bits per heavy atom. The summed E-state index contributed by atoms with van der Waals surface area (Å²) in [6.07, 6.45) is -1.82. The summed E-state index contributed by atoms with van der Waals surface area (Å²) in [6.45, 7) is -0.737. The van der Waals surface area contributed by atoms with Crippen LogP contribution in [0.2, 0.25) is 0 Å².